The molecule has 0 atom stereocenters. The zero-order valence-electron chi connectivity index (χ0n) is 13.2. The van der Waals surface area contributed by atoms with Crippen molar-refractivity contribution in [2.45, 2.75) is 55.9 Å². The molecule has 0 amide bonds. The number of halogens is 3. The molecule has 0 radical (unpaired) electrons. The second kappa shape index (κ2) is 6.03. The first kappa shape index (κ1) is 17.2. The van der Waals surface area contributed by atoms with Crippen LogP contribution in [-0.4, -0.2) is 44.5 Å². The summed E-state index contributed by atoms with van der Waals surface area (Å²) in [7, 11) is 0. The van der Waals surface area contributed by atoms with E-state index in [1.807, 2.05) is 0 Å². The molecule has 9 heteroatoms. The van der Waals surface area contributed by atoms with Gasteiger partial charge in [-0.1, -0.05) is 0 Å². The fourth-order valence-electron chi connectivity index (χ4n) is 2.78. The van der Waals surface area contributed by atoms with Gasteiger partial charge in [-0.05, 0) is 38.5 Å². The van der Waals surface area contributed by atoms with Crippen LogP contribution in [0.25, 0.3) is 0 Å². The average Bonchev–Trinajstić information content (AvgIpc) is 2.46. The molecule has 4 N–H and O–H groups in total. The lowest BCUT2D eigenvalue weighted by atomic mass is 9.80. The molecular weight excluding hydrogens is 325 g/mol. The van der Waals surface area contributed by atoms with E-state index in [4.69, 9.17) is 0 Å². The predicted molar refractivity (Wildman–Crippen MR) is 81.6 cm³/mol. The summed E-state index contributed by atoms with van der Waals surface area (Å²) in [5, 5.41) is 25.5. The smallest absolute Gasteiger partial charge is 0.388 e. The van der Waals surface area contributed by atoms with Crippen molar-refractivity contribution >= 4 is 11.8 Å². The molecule has 0 unspecified atom stereocenters. The Bertz CT molecular complexity index is 559. The van der Waals surface area contributed by atoms with Crippen molar-refractivity contribution in [3.63, 3.8) is 0 Å². The van der Waals surface area contributed by atoms with Crippen molar-refractivity contribution in [2.24, 2.45) is 0 Å². The van der Waals surface area contributed by atoms with Crippen LogP contribution in [0.3, 0.4) is 0 Å². The van der Waals surface area contributed by atoms with Gasteiger partial charge in [0.25, 0.3) is 0 Å². The molecule has 3 rings (SSSR count). The van der Waals surface area contributed by atoms with Gasteiger partial charge in [-0.15, -0.1) is 0 Å². The standard InChI is InChI=1S/C15H21F3N4O2/c16-15(17,18)10-7-11(19-8-13(23)3-1-4-13)22-12(21-10)20-9-14(24)5-2-6-14/h7,23-24H,1-6,8-9H2,(H2,19,20,21,22). The van der Waals surface area contributed by atoms with Crippen molar-refractivity contribution in [1.82, 2.24) is 9.97 Å². The number of aliphatic hydroxyl groups is 2. The lowest BCUT2D eigenvalue weighted by Gasteiger charge is -2.37. The third-order valence-corrected chi connectivity index (χ3v) is 4.76. The molecule has 2 aliphatic carbocycles. The van der Waals surface area contributed by atoms with Crippen LogP contribution in [0.15, 0.2) is 6.07 Å². The maximum atomic E-state index is 13.0. The number of hydrogen-bond acceptors (Lipinski definition) is 6. The van der Waals surface area contributed by atoms with Crippen LogP contribution in [0, 0.1) is 0 Å². The zero-order chi connectivity index (χ0) is 17.4. The second-order valence-electron chi connectivity index (χ2n) is 6.82. The van der Waals surface area contributed by atoms with Crippen molar-refractivity contribution in [2.75, 3.05) is 23.7 Å². The molecule has 2 saturated carbocycles. The minimum atomic E-state index is -4.60. The summed E-state index contributed by atoms with van der Waals surface area (Å²) in [5.74, 6) is -0.186. The first-order chi connectivity index (χ1) is 11.2. The summed E-state index contributed by atoms with van der Waals surface area (Å²) in [6.07, 6.45) is -0.344. The van der Waals surface area contributed by atoms with E-state index in [0.717, 1.165) is 18.9 Å². The SMILES string of the molecule is OC1(CNc2cc(C(F)(F)F)nc(NCC3(O)CCC3)n2)CCC1. The van der Waals surface area contributed by atoms with E-state index in [0.29, 0.717) is 25.7 Å². The summed E-state index contributed by atoms with van der Waals surface area (Å²) in [5.41, 5.74) is -2.84. The molecular formula is C15H21F3N4O2. The molecule has 2 fully saturated rings. The highest BCUT2D eigenvalue weighted by molar-refractivity contribution is 5.43. The quantitative estimate of drug-likeness (QED) is 0.631. The van der Waals surface area contributed by atoms with Crippen LogP contribution < -0.4 is 10.6 Å². The topological polar surface area (TPSA) is 90.3 Å². The zero-order valence-corrected chi connectivity index (χ0v) is 13.2. The van der Waals surface area contributed by atoms with E-state index in [-0.39, 0.29) is 24.9 Å². The molecule has 1 aromatic rings. The van der Waals surface area contributed by atoms with Crippen molar-refractivity contribution in [3.8, 4) is 0 Å². The minimum absolute atomic E-state index is 0.000694. The van der Waals surface area contributed by atoms with Crippen LogP contribution in [0.2, 0.25) is 0 Å². The van der Waals surface area contributed by atoms with Gasteiger partial charge in [-0.25, -0.2) is 4.98 Å². The van der Waals surface area contributed by atoms with Crippen molar-refractivity contribution in [1.29, 1.82) is 0 Å². The van der Waals surface area contributed by atoms with Crippen LogP contribution in [0.5, 0.6) is 0 Å². The molecule has 6 nitrogen and oxygen atoms in total. The minimum Gasteiger partial charge on any atom is -0.388 e. The molecule has 0 spiro atoms. The summed E-state index contributed by atoms with van der Waals surface area (Å²) in [6.45, 7) is 0.252. The van der Waals surface area contributed by atoms with E-state index in [1.165, 1.54) is 0 Å². The third kappa shape index (κ3) is 3.89. The van der Waals surface area contributed by atoms with E-state index in [1.54, 1.807) is 0 Å². The van der Waals surface area contributed by atoms with Gasteiger partial charge >= 0.3 is 6.18 Å². The Labute approximate surface area is 137 Å². The Morgan fingerprint density at radius 2 is 1.50 bits per heavy atom. The number of alkyl halides is 3. The highest BCUT2D eigenvalue weighted by atomic mass is 19.4. The van der Waals surface area contributed by atoms with Gasteiger partial charge in [0.15, 0.2) is 5.69 Å². The summed E-state index contributed by atoms with van der Waals surface area (Å²) < 4.78 is 39.0. The lowest BCUT2D eigenvalue weighted by molar-refractivity contribution is -0.141. The Hall–Kier alpha value is -1.61. The number of anilines is 2. The van der Waals surface area contributed by atoms with Crippen molar-refractivity contribution in [3.05, 3.63) is 11.8 Å². The fourth-order valence-corrected chi connectivity index (χ4v) is 2.78. The number of nitrogens with zero attached hydrogens (tertiary/aromatic N) is 2. The highest BCUT2D eigenvalue weighted by Crippen LogP contribution is 2.34. The van der Waals surface area contributed by atoms with Gasteiger partial charge in [0, 0.05) is 19.2 Å². The van der Waals surface area contributed by atoms with E-state index >= 15 is 0 Å². The molecule has 2 aliphatic rings. The summed E-state index contributed by atoms with van der Waals surface area (Å²) >= 11 is 0. The molecule has 0 saturated heterocycles. The highest BCUT2D eigenvalue weighted by Gasteiger charge is 2.37. The van der Waals surface area contributed by atoms with Gasteiger partial charge in [-0.2, -0.15) is 18.2 Å². The molecule has 24 heavy (non-hydrogen) atoms. The largest absolute Gasteiger partial charge is 0.433 e. The van der Waals surface area contributed by atoms with Crippen LogP contribution in [-0.2, 0) is 6.18 Å². The van der Waals surface area contributed by atoms with Crippen molar-refractivity contribution < 1.29 is 23.4 Å². The normalized spacial score (nSPS) is 21.5. The fraction of sp³-hybridized carbons (Fsp3) is 0.733. The second-order valence-corrected chi connectivity index (χ2v) is 6.82. The van der Waals surface area contributed by atoms with Crippen LogP contribution >= 0.6 is 0 Å². The maximum Gasteiger partial charge on any atom is 0.433 e. The number of aromatic nitrogens is 2. The third-order valence-electron chi connectivity index (χ3n) is 4.76. The number of rotatable bonds is 6. The first-order valence-corrected chi connectivity index (χ1v) is 8.06. The molecule has 0 aromatic carbocycles. The van der Waals surface area contributed by atoms with Gasteiger partial charge in [0.2, 0.25) is 5.95 Å². The van der Waals surface area contributed by atoms with Gasteiger partial charge in [0.05, 0.1) is 11.2 Å². The van der Waals surface area contributed by atoms with Gasteiger partial charge in [-0.3, -0.25) is 0 Å². The van der Waals surface area contributed by atoms with Gasteiger partial charge < -0.3 is 20.8 Å². The molecule has 0 aliphatic heterocycles. The maximum absolute atomic E-state index is 13.0. The molecule has 1 heterocycles. The lowest BCUT2D eigenvalue weighted by Crippen LogP contribution is -2.44. The predicted octanol–water partition coefficient (Wildman–Crippen LogP) is 2.15. The Balaban J connectivity index is 1.72. The Morgan fingerprint density at radius 3 is 1.96 bits per heavy atom. The monoisotopic (exact) mass is 346 g/mol. The molecule has 134 valence electrons. The number of hydrogen-bond donors (Lipinski definition) is 4. The average molecular weight is 346 g/mol. The van der Waals surface area contributed by atoms with Gasteiger partial charge in [0.1, 0.15) is 5.82 Å². The van der Waals surface area contributed by atoms with Crippen LogP contribution in [0.1, 0.15) is 44.2 Å². The van der Waals surface area contributed by atoms with E-state index in [2.05, 4.69) is 20.6 Å². The van der Waals surface area contributed by atoms with E-state index < -0.39 is 23.1 Å². The van der Waals surface area contributed by atoms with E-state index in [9.17, 15) is 23.4 Å². The number of nitrogens with one attached hydrogen (secondary N) is 2. The summed E-state index contributed by atoms with van der Waals surface area (Å²) in [4.78, 5) is 7.50. The van der Waals surface area contributed by atoms with Crippen LogP contribution in [0.4, 0.5) is 24.9 Å². The molecule has 1 aromatic heterocycles. The Morgan fingerprint density at radius 1 is 0.958 bits per heavy atom. The molecule has 0 bridgehead atoms. The summed E-state index contributed by atoms with van der Waals surface area (Å²) in [6, 6.07) is 0.825. The first-order valence-electron chi connectivity index (χ1n) is 8.06. The Kier molecular flexibility index (Phi) is 4.33.